The molecular formula is C16H18N4O6. The van der Waals surface area contributed by atoms with Crippen molar-refractivity contribution in [2.24, 2.45) is 11.5 Å². The van der Waals surface area contributed by atoms with Crippen LogP contribution in [-0.4, -0.2) is 33.1 Å². The second-order valence-electron chi connectivity index (χ2n) is 5.18. The summed E-state index contributed by atoms with van der Waals surface area (Å²) in [6.07, 6.45) is -0.0313. The van der Waals surface area contributed by atoms with Crippen molar-refractivity contribution in [3.05, 3.63) is 63.7 Å². The van der Waals surface area contributed by atoms with Crippen LogP contribution in [-0.2, 0) is 11.2 Å². The highest BCUT2D eigenvalue weighted by atomic mass is 16.6. The van der Waals surface area contributed by atoms with Crippen molar-refractivity contribution in [2.75, 3.05) is 5.73 Å². The van der Waals surface area contributed by atoms with Crippen molar-refractivity contribution < 1.29 is 24.7 Å². The van der Waals surface area contributed by atoms with Gasteiger partial charge in [0.05, 0.1) is 10.5 Å². The fourth-order valence-electron chi connectivity index (χ4n) is 1.90. The molecule has 10 heteroatoms. The highest BCUT2D eigenvalue weighted by Crippen LogP contribution is 2.26. The van der Waals surface area contributed by atoms with E-state index in [9.17, 15) is 19.7 Å². The first-order valence-electron chi connectivity index (χ1n) is 7.22. The number of aromatic hydroxyl groups is 1. The van der Waals surface area contributed by atoms with Crippen LogP contribution < -0.4 is 17.2 Å². The predicted octanol–water partition coefficient (Wildman–Crippen LogP) is 0.623. The van der Waals surface area contributed by atoms with E-state index in [2.05, 4.69) is 0 Å². The van der Waals surface area contributed by atoms with Gasteiger partial charge in [0.25, 0.3) is 5.91 Å². The Bertz CT molecular complexity index is 824. The molecule has 0 aliphatic rings. The van der Waals surface area contributed by atoms with Gasteiger partial charge in [-0.3, -0.25) is 19.7 Å². The zero-order valence-electron chi connectivity index (χ0n) is 13.5. The van der Waals surface area contributed by atoms with Crippen LogP contribution in [0.1, 0.15) is 15.9 Å². The molecule has 0 fully saturated rings. The van der Waals surface area contributed by atoms with Crippen LogP contribution >= 0.6 is 0 Å². The first kappa shape index (κ1) is 20.4. The maximum Gasteiger partial charge on any atom is 0.320 e. The Balaban J connectivity index is 0.000000289. The van der Waals surface area contributed by atoms with Gasteiger partial charge in [-0.1, -0.05) is 18.2 Å². The fourth-order valence-corrected chi connectivity index (χ4v) is 1.90. The van der Waals surface area contributed by atoms with E-state index in [4.69, 9.17) is 27.4 Å². The van der Waals surface area contributed by atoms with Crippen molar-refractivity contribution in [2.45, 2.75) is 12.5 Å². The third-order valence-corrected chi connectivity index (χ3v) is 3.24. The summed E-state index contributed by atoms with van der Waals surface area (Å²) in [5, 5.41) is 28.2. The highest BCUT2D eigenvalue weighted by molar-refractivity contribution is 5.97. The average molecular weight is 362 g/mol. The number of nitrogens with zero attached hydrogens (tertiary/aromatic N) is 1. The van der Waals surface area contributed by atoms with Gasteiger partial charge in [-0.2, -0.15) is 0 Å². The van der Waals surface area contributed by atoms with Gasteiger partial charge in [-0.05, 0) is 30.2 Å². The number of hydrogen-bond acceptors (Lipinski definition) is 7. The summed E-state index contributed by atoms with van der Waals surface area (Å²) in [6, 6.07) is 9.23. The number of rotatable bonds is 5. The molecular weight excluding hydrogens is 344 g/mol. The first-order chi connectivity index (χ1) is 12.1. The van der Waals surface area contributed by atoms with Crippen LogP contribution in [0.5, 0.6) is 5.75 Å². The van der Waals surface area contributed by atoms with Crippen LogP contribution in [0.4, 0.5) is 11.4 Å². The number of nitrogen functional groups attached to an aromatic ring is 1. The zero-order chi connectivity index (χ0) is 19.9. The Morgan fingerprint density at radius 1 is 1.19 bits per heavy atom. The van der Waals surface area contributed by atoms with E-state index >= 15 is 0 Å². The fraction of sp³-hybridized carbons (Fsp3) is 0.125. The van der Waals surface area contributed by atoms with Crippen LogP contribution in [0.25, 0.3) is 0 Å². The molecule has 1 atom stereocenters. The minimum Gasteiger partial charge on any atom is -0.502 e. The van der Waals surface area contributed by atoms with Gasteiger partial charge >= 0.3 is 11.7 Å². The maximum absolute atomic E-state index is 10.6. The Labute approximate surface area is 148 Å². The lowest BCUT2D eigenvalue weighted by Crippen LogP contribution is -2.32. The molecule has 0 saturated heterocycles. The number of carboxylic acid groups (broad SMARTS) is 1. The Morgan fingerprint density at radius 2 is 1.81 bits per heavy atom. The van der Waals surface area contributed by atoms with Crippen LogP contribution in [0.3, 0.4) is 0 Å². The molecule has 0 bridgehead atoms. The molecule has 10 nitrogen and oxygen atoms in total. The highest BCUT2D eigenvalue weighted by Gasteiger charge is 2.17. The third kappa shape index (κ3) is 5.76. The van der Waals surface area contributed by atoms with E-state index in [-0.39, 0.29) is 6.42 Å². The predicted molar refractivity (Wildman–Crippen MR) is 93.4 cm³/mol. The smallest absolute Gasteiger partial charge is 0.320 e. The number of carbonyl (C=O) groups excluding carboxylic acids is 1. The van der Waals surface area contributed by atoms with Crippen molar-refractivity contribution >= 4 is 23.3 Å². The number of phenols is 1. The van der Waals surface area contributed by atoms with Crippen LogP contribution in [0.15, 0.2) is 42.5 Å². The number of carbonyl (C=O) groups is 2. The number of nitro groups is 1. The molecule has 2 rings (SSSR count). The molecule has 0 aliphatic carbocycles. The number of benzene rings is 2. The van der Waals surface area contributed by atoms with E-state index in [1.807, 2.05) is 0 Å². The zero-order valence-corrected chi connectivity index (χ0v) is 13.5. The number of amides is 1. The molecule has 0 spiro atoms. The number of carboxylic acids is 1. The summed E-state index contributed by atoms with van der Waals surface area (Å²) in [5.74, 6) is -2.13. The molecule has 2 aromatic rings. The van der Waals surface area contributed by atoms with Crippen molar-refractivity contribution in [3.8, 4) is 5.75 Å². The molecule has 0 saturated carbocycles. The Morgan fingerprint density at radius 3 is 2.27 bits per heavy atom. The molecule has 0 aromatic heterocycles. The summed E-state index contributed by atoms with van der Waals surface area (Å²) >= 11 is 0. The summed E-state index contributed by atoms with van der Waals surface area (Å²) in [7, 11) is 0. The maximum atomic E-state index is 10.6. The summed E-state index contributed by atoms with van der Waals surface area (Å²) < 4.78 is 0. The normalized spacial score (nSPS) is 11.0. The first-order valence-corrected chi connectivity index (χ1v) is 7.22. The molecule has 0 heterocycles. The number of nitrogens with two attached hydrogens (primary N) is 3. The molecule has 0 unspecified atom stereocenters. The van der Waals surface area contributed by atoms with Gasteiger partial charge in [0.1, 0.15) is 6.04 Å². The number of hydrogen-bond donors (Lipinski definition) is 5. The third-order valence-electron chi connectivity index (χ3n) is 3.24. The van der Waals surface area contributed by atoms with E-state index in [0.717, 1.165) is 12.1 Å². The molecule has 0 radical (unpaired) electrons. The summed E-state index contributed by atoms with van der Waals surface area (Å²) in [4.78, 5) is 30.8. The van der Waals surface area contributed by atoms with Crippen molar-refractivity contribution in [1.29, 1.82) is 0 Å². The van der Waals surface area contributed by atoms with E-state index in [1.165, 1.54) is 6.07 Å². The monoisotopic (exact) mass is 362 g/mol. The average Bonchev–Trinajstić information content (AvgIpc) is 2.57. The van der Waals surface area contributed by atoms with Crippen molar-refractivity contribution in [1.82, 2.24) is 0 Å². The van der Waals surface area contributed by atoms with Gasteiger partial charge in [-0.25, -0.2) is 0 Å². The minimum atomic E-state index is -1.18. The molecule has 8 N–H and O–H groups in total. The molecule has 0 aliphatic heterocycles. The van der Waals surface area contributed by atoms with Gasteiger partial charge in [0.15, 0.2) is 5.75 Å². The SMILES string of the molecule is NC(=O)c1ccccc1N.N[C@@H](Cc1ccc(O)c([N+](=O)[O-])c1)C(=O)O. The largest absolute Gasteiger partial charge is 0.502 e. The summed E-state index contributed by atoms with van der Waals surface area (Å²) in [5.41, 5.74) is 16.4. The van der Waals surface area contributed by atoms with Gasteiger partial charge in [-0.15, -0.1) is 0 Å². The van der Waals surface area contributed by atoms with Gasteiger partial charge in [0, 0.05) is 11.8 Å². The van der Waals surface area contributed by atoms with Gasteiger partial charge < -0.3 is 27.4 Å². The van der Waals surface area contributed by atoms with E-state index in [0.29, 0.717) is 16.8 Å². The number of aliphatic carboxylic acids is 1. The second kappa shape index (κ2) is 8.99. The molecule has 2 aromatic carbocycles. The second-order valence-corrected chi connectivity index (χ2v) is 5.18. The molecule has 1 amide bonds. The van der Waals surface area contributed by atoms with E-state index < -0.39 is 34.3 Å². The quantitative estimate of drug-likeness (QED) is 0.290. The molecule has 26 heavy (non-hydrogen) atoms. The van der Waals surface area contributed by atoms with Crippen molar-refractivity contribution in [3.63, 3.8) is 0 Å². The van der Waals surface area contributed by atoms with Crippen LogP contribution in [0.2, 0.25) is 0 Å². The number of phenolic OH excluding ortho intramolecular Hbond substituents is 1. The van der Waals surface area contributed by atoms with E-state index in [1.54, 1.807) is 24.3 Å². The minimum absolute atomic E-state index is 0.0313. The summed E-state index contributed by atoms with van der Waals surface area (Å²) in [6.45, 7) is 0. The molecule has 138 valence electrons. The number of anilines is 1. The number of para-hydroxylation sites is 1. The van der Waals surface area contributed by atoms with Crippen LogP contribution in [0, 0.1) is 10.1 Å². The van der Waals surface area contributed by atoms with Gasteiger partial charge in [0.2, 0.25) is 0 Å². The number of nitro benzene ring substituents is 1. The lowest BCUT2D eigenvalue weighted by atomic mass is 10.1. The standard InChI is InChI=1S/C9H10N2O5.C7H8N2O/c10-6(9(13)14)3-5-1-2-8(12)7(4-5)11(15)16;8-6-4-2-1-3-5(6)7(9)10/h1-2,4,6,12H,3,10H2,(H,13,14);1-4H,8H2,(H2,9,10)/t6-;/m0./s1. The lowest BCUT2D eigenvalue weighted by Gasteiger charge is -2.06. The number of primary amides is 1. The Kier molecular flexibility index (Phi) is 7.05. The lowest BCUT2D eigenvalue weighted by molar-refractivity contribution is -0.385. The topological polar surface area (TPSA) is 196 Å². The Hall–Kier alpha value is -3.66.